The topological polar surface area (TPSA) is 273 Å². The maximum absolute atomic E-state index is 13.5. The van der Waals surface area contributed by atoms with Crippen LogP contribution in [0.25, 0.3) is 0 Å². The zero-order valence-corrected chi connectivity index (χ0v) is 65.6. The summed E-state index contributed by atoms with van der Waals surface area (Å²) in [7, 11) is 0. The van der Waals surface area contributed by atoms with E-state index in [1.54, 1.807) is 0 Å². The Morgan fingerprint density at radius 1 is 0.252 bits per heavy atom. The van der Waals surface area contributed by atoms with E-state index in [1.807, 2.05) is 240 Å². The largest absolute Gasteiger partial charge is 0.463 e. The molecule has 0 bridgehead atoms. The van der Waals surface area contributed by atoms with Crippen LogP contribution in [-0.4, -0.2) is 185 Å². The van der Waals surface area contributed by atoms with Gasteiger partial charge in [0.1, 0.15) is 118 Å². The van der Waals surface area contributed by atoms with Crippen molar-refractivity contribution in [3.8, 4) is 0 Å². The van der Waals surface area contributed by atoms with Crippen LogP contribution in [0.3, 0.4) is 0 Å². The van der Waals surface area contributed by atoms with Gasteiger partial charge >= 0.3 is 23.9 Å². The van der Waals surface area contributed by atoms with Crippen molar-refractivity contribution in [1.82, 2.24) is 0 Å². The van der Waals surface area contributed by atoms with Gasteiger partial charge in [-0.05, 0) is 64.6 Å². The van der Waals surface area contributed by atoms with E-state index < -0.39 is 153 Å². The molecule has 25 nitrogen and oxygen atoms in total. The molecule has 5 aliphatic heterocycles. The summed E-state index contributed by atoms with van der Waals surface area (Å²) in [6, 6.07) is 66.7. The molecule has 25 heteroatoms. The van der Waals surface area contributed by atoms with Crippen molar-refractivity contribution in [3.05, 3.63) is 251 Å². The number of esters is 4. The Hall–Kier alpha value is -8.26. The molecule has 0 aromatic heterocycles. The first-order valence-electron chi connectivity index (χ1n) is 40.1. The van der Waals surface area contributed by atoms with Gasteiger partial charge in [0.15, 0.2) is 31.5 Å². The zero-order valence-electron chi connectivity index (χ0n) is 65.6. The van der Waals surface area contributed by atoms with Gasteiger partial charge in [-0.2, -0.15) is 0 Å². The maximum Gasteiger partial charge on any atom is 0.305 e. The highest BCUT2D eigenvalue weighted by Crippen LogP contribution is 2.41. The molecule has 0 saturated carbocycles. The quantitative estimate of drug-likeness (QED) is 0.0274. The Bertz CT molecular complexity index is 3950. The molecule has 0 spiro atoms. The van der Waals surface area contributed by atoms with E-state index in [-0.39, 0.29) is 98.4 Å². The van der Waals surface area contributed by atoms with Gasteiger partial charge in [0.2, 0.25) is 0 Å². The molecule has 0 unspecified atom stereocenters. The molecular formula is C90H108O25. The Labute approximate surface area is 672 Å². The molecule has 5 fully saturated rings. The summed E-state index contributed by atoms with van der Waals surface area (Å²) >= 11 is 0. The van der Waals surface area contributed by atoms with Crippen LogP contribution in [0.1, 0.15) is 118 Å². The summed E-state index contributed by atoms with van der Waals surface area (Å²) in [4.78, 5) is 53.5. The highest BCUT2D eigenvalue weighted by Gasteiger charge is 2.59. The monoisotopic (exact) mass is 1590 g/mol. The van der Waals surface area contributed by atoms with E-state index in [4.69, 9.17) is 94.7 Å². The van der Waals surface area contributed by atoms with Crippen molar-refractivity contribution in [2.24, 2.45) is 0 Å². The van der Waals surface area contributed by atoms with Gasteiger partial charge in [0.25, 0.3) is 0 Å². The molecular weight excluding hydrogens is 1480 g/mol. The third-order valence-electron chi connectivity index (χ3n) is 20.1. The second-order valence-electron chi connectivity index (χ2n) is 28.9. The van der Waals surface area contributed by atoms with Crippen LogP contribution < -0.4 is 0 Å². The number of aliphatic hydroxyl groups excluding tert-OH is 1. The van der Waals surface area contributed by atoms with Gasteiger partial charge < -0.3 is 99.8 Å². The van der Waals surface area contributed by atoms with Gasteiger partial charge in [0, 0.05) is 25.7 Å². The van der Waals surface area contributed by atoms with E-state index >= 15 is 0 Å². The van der Waals surface area contributed by atoms with Gasteiger partial charge in [0.05, 0.1) is 52.9 Å². The minimum Gasteiger partial charge on any atom is -0.463 e. The fourth-order valence-corrected chi connectivity index (χ4v) is 14.2. The SMILES string of the molecule is CCCC(=O)OC[C@H]1O[C@@H](O[C@@H]2[C@@H](OC[C@H]3O[C@H](O)[C@@H](OCc4ccccc4)[C@@H]3O[C@H]3O[C@H](COC(=O)CCC)[C@@H](OCc4ccccc4)[C@@H]3O[C@@H]3O[C@H](COC(=O)CCC)[C@@H](OCc4ccccc4)[C@@H]3OCc3ccccc3)O[C@H](COC(=O)CCC)[C@H]2OCc2ccccc2)[C@@H](OCc2ccccc2)[C@@H]1OCc1ccccc1. The summed E-state index contributed by atoms with van der Waals surface area (Å²) in [6.07, 6.45) is -21.3. The van der Waals surface area contributed by atoms with E-state index in [0.717, 1.165) is 38.9 Å². The van der Waals surface area contributed by atoms with E-state index in [1.165, 1.54) is 0 Å². The second-order valence-corrected chi connectivity index (χ2v) is 28.9. The van der Waals surface area contributed by atoms with Crippen LogP contribution in [0.4, 0.5) is 0 Å². The molecule has 7 aromatic rings. The molecule has 0 radical (unpaired) electrons. The maximum atomic E-state index is 13.5. The molecule has 618 valence electrons. The Kier molecular flexibility index (Phi) is 34.0. The molecule has 20 atom stereocenters. The first kappa shape index (κ1) is 86.1. The molecule has 0 amide bonds. The van der Waals surface area contributed by atoms with Crippen molar-refractivity contribution in [2.45, 2.75) is 248 Å². The fraction of sp³-hybridized carbons (Fsp3) is 0.489. The predicted octanol–water partition coefficient (Wildman–Crippen LogP) is 12.2. The summed E-state index contributed by atoms with van der Waals surface area (Å²) < 4.78 is 135. The smallest absolute Gasteiger partial charge is 0.305 e. The fourth-order valence-electron chi connectivity index (χ4n) is 14.2. The second kappa shape index (κ2) is 45.5. The summed E-state index contributed by atoms with van der Waals surface area (Å²) in [5, 5.41) is 12.5. The molecule has 7 aromatic carbocycles. The molecule has 5 saturated heterocycles. The number of hydrogen-bond acceptors (Lipinski definition) is 25. The van der Waals surface area contributed by atoms with Crippen molar-refractivity contribution < 1.29 is 119 Å². The minimum absolute atomic E-state index is 0.0172. The normalized spacial score (nSPS) is 27.7. The van der Waals surface area contributed by atoms with Crippen molar-refractivity contribution >= 4 is 23.9 Å². The van der Waals surface area contributed by atoms with Crippen LogP contribution in [0.2, 0.25) is 0 Å². The van der Waals surface area contributed by atoms with E-state index in [2.05, 4.69) is 0 Å². The van der Waals surface area contributed by atoms with Crippen LogP contribution in [0.5, 0.6) is 0 Å². The number of benzene rings is 7. The van der Waals surface area contributed by atoms with Crippen LogP contribution in [0.15, 0.2) is 212 Å². The Morgan fingerprint density at radius 3 is 0.748 bits per heavy atom. The Balaban J connectivity index is 0.914. The highest BCUT2D eigenvalue weighted by molar-refractivity contribution is 5.70. The zero-order chi connectivity index (χ0) is 79.9. The number of ether oxygens (including phenoxy) is 20. The first-order chi connectivity index (χ1) is 56.4. The lowest BCUT2D eigenvalue weighted by Gasteiger charge is -2.33. The number of carbonyl (C=O) groups excluding carboxylic acids is 4. The Morgan fingerprint density at radius 2 is 0.470 bits per heavy atom. The van der Waals surface area contributed by atoms with Crippen LogP contribution in [-0.2, 0) is 160 Å². The van der Waals surface area contributed by atoms with Crippen LogP contribution >= 0.6 is 0 Å². The minimum atomic E-state index is -1.69. The summed E-state index contributed by atoms with van der Waals surface area (Å²) in [5.74, 6) is -1.81. The van der Waals surface area contributed by atoms with Gasteiger partial charge in [-0.3, -0.25) is 19.2 Å². The standard InChI is InChI=1S/C90H108O25/c1-5-30-72(91)96-55-67-76(100-48-60-34-16-9-17-35-60)82(105-53-65-44-26-14-27-45-65)88(110-67)114-84-78(102-50-62-38-20-11-21-39-62)69(57-98-74(93)32-7-3)109-87(84)107-59-71-80(81(86(95)108-71)104-52-64-42-24-13-25-43-64)113-90-85(79(103-51-63-40-22-12-23-41-63)70(112-90)58-99-75(94)33-8-4)115-89-83(106-54-66-46-28-15-29-47-66)77(101-49-61-36-18-10-19-37-61)68(111-89)56-97-73(92)31-6-2/h9-29,34-47,67-71,76-90,95H,5-8,30-33,48-59H2,1-4H3/t67-,68-,69-,70-,71-,76-,77-,78-,79-,80-,81+,82+,83+,84+,85+,86+,87+,88+,89+,90-/m1/s1. The summed E-state index contributed by atoms with van der Waals surface area (Å²) in [5.41, 5.74) is 5.74. The highest BCUT2D eigenvalue weighted by atomic mass is 16.8. The molecule has 1 N–H and O–H groups in total. The third kappa shape index (κ3) is 25.4. The molecule has 12 rings (SSSR count). The van der Waals surface area contributed by atoms with Gasteiger partial charge in [-0.15, -0.1) is 0 Å². The average molecular weight is 1590 g/mol. The van der Waals surface area contributed by atoms with Crippen molar-refractivity contribution in [2.75, 3.05) is 33.0 Å². The number of carbonyl (C=O) groups is 4. The molecule has 115 heavy (non-hydrogen) atoms. The average Bonchev–Trinajstić information content (AvgIpc) is 1.63. The van der Waals surface area contributed by atoms with E-state index in [0.29, 0.717) is 25.7 Å². The van der Waals surface area contributed by atoms with Crippen LogP contribution in [0, 0.1) is 0 Å². The predicted molar refractivity (Wildman–Crippen MR) is 415 cm³/mol. The lowest BCUT2D eigenvalue weighted by Crippen LogP contribution is -2.49. The lowest BCUT2D eigenvalue weighted by molar-refractivity contribution is -0.276. The van der Waals surface area contributed by atoms with Crippen molar-refractivity contribution in [3.63, 3.8) is 0 Å². The van der Waals surface area contributed by atoms with Gasteiger partial charge in [-0.25, -0.2) is 0 Å². The molecule has 0 aliphatic carbocycles. The number of hydrogen-bond donors (Lipinski definition) is 1. The van der Waals surface area contributed by atoms with Crippen molar-refractivity contribution in [1.29, 1.82) is 0 Å². The van der Waals surface area contributed by atoms with E-state index in [9.17, 15) is 24.3 Å². The lowest BCUT2D eigenvalue weighted by atomic mass is 10.1. The molecule has 5 aliphatic rings. The third-order valence-corrected chi connectivity index (χ3v) is 20.1. The summed E-state index contributed by atoms with van der Waals surface area (Å²) in [6.45, 7) is 6.43. The van der Waals surface area contributed by atoms with Gasteiger partial charge in [-0.1, -0.05) is 240 Å². The molecule has 5 heterocycles. The number of aliphatic hydroxyl groups is 1. The number of rotatable bonds is 46. The first-order valence-corrected chi connectivity index (χ1v) is 40.1.